The zero-order valence-corrected chi connectivity index (χ0v) is 16.4. The Kier molecular flexibility index (Phi) is 6.52. The van der Waals surface area contributed by atoms with Crippen molar-refractivity contribution < 1.29 is 9.59 Å². The van der Waals surface area contributed by atoms with Crippen LogP contribution in [0.5, 0.6) is 0 Å². The van der Waals surface area contributed by atoms with Crippen LogP contribution in [0.1, 0.15) is 40.6 Å². The van der Waals surface area contributed by atoms with Crippen molar-refractivity contribution in [3.63, 3.8) is 0 Å². The molecule has 0 unspecified atom stereocenters. The Hall–Kier alpha value is -3.03. The number of carbonyl (C=O) groups is 2. The van der Waals surface area contributed by atoms with Crippen LogP contribution in [0.4, 0.5) is 5.95 Å². The monoisotopic (exact) mass is 382 g/mol. The average Bonchev–Trinajstić information content (AvgIpc) is 2.77. The summed E-state index contributed by atoms with van der Waals surface area (Å²) in [6.07, 6.45) is 6.93. The number of unbranched alkanes of at least 4 members (excludes halogenated alkanes) is 1. The molecule has 0 N–H and O–H groups in total. The molecule has 1 aliphatic rings. The number of nitrogens with zero attached hydrogens (tertiary/aromatic N) is 6. The number of carbonyl (C=O) groups excluding carboxylic acids is 2. The first-order valence-electron chi connectivity index (χ1n) is 9.63. The Morgan fingerprint density at radius 2 is 1.79 bits per heavy atom. The molecule has 2 amide bonds. The van der Waals surface area contributed by atoms with E-state index in [1.807, 2.05) is 0 Å². The van der Waals surface area contributed by atoms with E-state index in [1.165, 1.54) is 6.20 Å². The number of hydrogen-bond acceptors (Lipinski definition) is 6. The lowest BCUT2D eigenvalue weighted by molar-refractivity contribution is 0.0740. The molecule has 148 valence electrons. The average molecular weight is 382 g/mol. The topological polar surface area (TPSA) is 82.5 Å². The van der Waals surface area contributed by atoms with Gasteiger partial charge < -0.3 is 14.7 Å². The van der Waals surface area contributed by atoms with Crippen LogP contribution >= 0.6 is 0 Å². The second-order valence-corrected chi connectivity index (χ2v) is 6.84. The van der Waals surface area contributed by atoms with E-state index in [2.05, 4.69) is 26.8 Å². The summed E-state index contributed by atoms with van der Waals surface area (Å²) in [7, 11) is 1.78. The molecule has 1 saturated heterocycles. The zero-order chi connectivity index (χ0) is 19.9. The largest absolute Gasteiger partial charge is 0.342 e. The first-order valence-corrected chi connectivity index (χ1v) is 9.63. The van der Waals surface area contributed by atoms with Gasteiger partial charge in [-0.3, -0.25) is 14.6 Å². The Bertz CT molecular complexity index is 805. The van der Waals surface area contributed by atoms with Crippen molar-refractivity contribution in [1.29, 1.82) is 0 Å². The van der Waals surface area contributed by atoms with E-state index in [0.29, 0.717) is 49.9 Å². The molecular formula is C20H26N6O2. The number of piperazine rings is 1. The molecule has 0 spiro atoms. The summed E-state index contributed by atoms with van der Waals surface area (Å²) in [4.78, 5) is 43.6. The highest BCUT2D eigenvalue weighted by Gasteiger charge is 2.25. The van der Waals surface area contributed by atoms with Gasteiger partial charge in [0.15, 0.2) is 0 Å². The predicted octanol–water partition coefficient (Wildman–Crippen LogP) is 1.71. The van der Waals surface area contributed by atoms with Gasteiger partial charge in [-0.25, -0.2) is 9.97 Å². The predicted molar refractivity (Wildman–Crippen MR) is 106 cm³/mol. The molecule has 3 rings (SSSR count). The normalized spacial score (nSPS) is 14.1. The van der Waals surface area contributed by atoms with E-state index >= 15 is 0 Å². The lowest BCUT2D eigenvalue weighted by Gasteiger charge is -2.34. The highest BCUT2D eigenvalue weighted by Crippen LogP contribution is 2.13. The van der Waals surface area contributed by atoms with Gasteiger partial charge in [-0.1, -0.05) is 13.3 Å². The molecule has 0 aliphatic carbocycles. The van der Waals surface area contributed by atoms with E-state index in [0.717, 1.165) is 12.8 Å². The first-order chi connectivity index (χ1) is 13.6. The van der Waals surface area contributed by atoms with Crippen molar-refractivity contribution in [2.24, 2.45) is 0 Å². The molecule has 1 aliphatic heterocycles. The van der Waals surface area contributed by atoms with Crippen LogP contribution in [-0.4, -0.2) is 76.3 Å². The minimum absolute atomic E-state index is 0.0871. The number of aromatic nitrogens is 3. The second-order valence-electron chi connectivity index (χ2n) is 6.84. The third-order valence-corrected chi connectivity index (χ3v) is 4.82. The summed E-state index contributed by atoms with van der Waals surface area (Å²) in [5.74, 6) is 0.436. The minimum Gasteiger partial charge on any atom is -0.342 e. The van der Waals surface area contributed by atoms with Gasteiger partial charge in [0, 0.05) is 63.9 Å². The fourth-order valence-electron chi connectivity index (χ4n) is 3.12. The molecular weight excluding hydrogens is 356 g/mol. The summed E-state index contributed by atoms with van der Waals surface area (Å²) in [5, 5.41) is 0. The number of anilines is 1. The van der Waals surface area contributed by atoms with Crippen LogP contribution in [-0.2, 0) is 0 Å². The molecule has 8 nitrogen and oxygen atoms in total. The third kappa shape index (κ3) is 4.62. The summed E-state index contributed by atoms with van der Waals surface area (Å²) in [6.45, 7) is 5.23. The lowest BCUT2D eigenvalue weighted by atomic mass is 10.1. The molecule has 2 aromatic heterocycles. The maximum absolute atomic E-state index is 12.8. The molecule has 0 atom stereocenters. The highest BCUT2D eigenvalue weighted by molar-refractivity contribution is 5.98. The SMILES string of the molecule is CCCCN(C)C(=O)c1ccnc(C(=O)N2CCN(c3ncccn3)CC2)c1. The fraction of sp³-hybridized carbons (Fsp3) is 0.450. The molecule has 2 aromatic rings. The molecule has 0 bridgehead atoms. The summed E-state index contributed by atoms with van der Waals surface area (Å²) in [5.41, 5.74) is 0.799. The van der Waals surface area contributed by atoms with Crippen molar-refractivity contribution in [3.05, 3.63) is 48.0 Å². The summed E-state index contributed by atoms with van der Waals surface area (Å²) in [6, 6.07) is 5.04. The van der Waals surface area contributed by atoms with E-state index in [4.69, 9.17) is 0 Å². The van der Waals surface area contributed by atoms with Crippen molar-refractivity contribution in [3.8, 4) is 0 Å². The lowest BCUT2D eigenvalue weighted by Crippen LogP contribution is -2.49. The third-order valence-electron chi connectivity index (χ3n) is 4.82. The fourth-order valence-corrected chi connectivity index (χ4v) is 3.12. The van der Waals surface area contributed by atoms with E-state index in [-0.39, 0.29) is 11.8 Å². The molecule has 8 heteroatoms. The minimum atomic E-state index is -0.153. The molecule has 3 heterocycles. The smallest absolute Gasteiger partial charge is 0.272 e. The van der Waals surface area contributed by atoms with Crippen molar-refractivity contribution in [1.82, 2.24) is 24.8 Å². The zero-order valence-electron chi connectivity index (χ0n) is 16.4. The van der Waals surface area contributed by atoms with E-state index in [9.17, 15) is 9.59 Å². The van der Waals surface area contributed by atoms with Gasteiger partial charge in [0.05, 0.1) is 0 Å². The highest BCUT2D eigenvalue weighted by atomic mass is 16.2. The summed E-state index contributed by atoms with van der Waals surface area (Å²) < 4.78 is 0. The van der Waals surface area contributed by atoms with Crippen LogP contribution < -0.4 is 4.90 Å². The van der Waals surface area contributed by atoms with Gasteiger partial charge in [0.2, 0.25) is 5.95 Å². The summed E-state index contributed by atoms with van der Waals surface area (Å²) >= 11 is 0. The molecule has 28 heavy (non-hydrogen) atoms. The van der Waals surface area contributed by atoms with Gasteiger partial charge in [-0.15, -0.1) is 0 Å². The van der Waals surface area contributed by atoms with Gasteiger partial charge in [-0.2, -0.15) is 0 Å². The van der Waals surface area contributed by atoms with Gasteiger partial charge >= 0.3 is 0 Å². The van der Waals surface area contributed by atoms with E-state index in [1.54, 1.807) is 47.4 Å². The quantitative estimate of drug-likeness (QED) is 0.756. The maximum atomic E-state index is 12.8. The van der Waals surface area contributed by atoms with Crippen LogP contribution in [0.3, 0.4) is 0 Å². The number of pyridine rings is 1. The van der Waals surface area contributed by atoms with Gasteiger partial charge in [-0.05, 0) is 24.6 Å². The van der Waals surface area contributed by atoms with Gasteiger partial charge in [0.25, 0.3) is 11.8 Å². The van der Waals surface area contributed by atoms with Crippen LogP contribution in [0.15, 0.2) is 36.8 Å². The Morgan fingerprint density at radius 1 is 1.07 bits per heavy atom. The van der Waals surface area contributed by atoms with E-state index < -0.39 is 0 Å². The molecule has 0 aromatic carbocycles. The number of rotatable bonds is 6. The molecule has 0 saturated carbocycles. The first kappa shape index (κ1) is 19.7. The van der Waals surface area contributed by atoms with Crippen molar-refractivity contribution in [2.45, 2.75) is 19.8 Å². The number of amides is 2. The Morgan fingerprint density at radius 3 is 2.46 bits per heavy atom. The number of hydrogen-bond donors (Lipinski definition) is 0. The standard InChI is InChI=1S/C20H26N6O2/c1-3-4-10-24(2)18(27)16-6-9-21-17(15-16)19(28)25-11-13-26(14-12-25)20-22-7-5-8-23-20/h5-9,15H,3-4,10-14H2,1-2H3. The van der Waals surface area contributed by atoms with Crippen LogP contribution in [0, 0.1) is 0 Å². The Balaban J connectivity index is 1.63. The Labute approximate surface area is 165 Å². The van der Waals surface area contributed by atoms with Crippen molar-refractivity contribution >= 4 is 17.8 Å². The van der Waals surface area contributed by atoms with Crippen LogP contribution in [0.25, 0.3) is 0 Å². The van der Waals surface area contributed by atoms with Crippen LogP contribution in [0.2, 0.25) is 0 Å². The second kappa shape index (κ2) is 9.25. The maximum Gasteiger partial charge on any atom is 0.272 e. The molecule has 0 radical (unpaired) electrons. The van der Waals surface area contributed by atoms with Gasteiger partial charge in [0.1, 0.15) is 5.69 Å². The van der Waals surface area contributed by atoms with Crippen molar-refractivity contribution in [2.75, 3.05) is 44.7 Å². The molecule has 1 fully saturated rings.